The van der Waals surface area contributed by atoms with Crippen molar-refractivity contribution in [2.24, 2.45) is 11.8 Å². The molecule has 0 spiro atoms. The maximum Gasteiger partial charge on any atom is 0.160 e. The quantitative estimate of drug-likeness (QED) is 0.870. The van der Waals surface area contributed by atoms with Crippen molar-refractivity contribution in [3.63, 3.8) is 0 Å². The lowest BCUT2D eigenvalue weighted by molar-refractivity contribution is 0.0288. The average molecular weight is 344 g/mol. The van der Waals surface area contributed by atoms with Crippen molar-refractivity contribution >= 4 is 0 Å². The summed E-state index contributed by atoms with van der Waals surface area (Å²) in [6.45, 7) is 4.30. The molecule has 0 bridgehead atoms. The Morgan fingerprint density at radius 3 is 1.88 bits per heavy atom. The van der Waals surface area contributed by atoms with Crippen molar-refractivity contribution in [3.8, 4) is 23.0 Å². The fourth-order valence-corrected chi connectivity index (χ4v) is 3.48. The highest BCUT2D eigenvalue weighted by Crippen LogP contribution is 2.50. The van der Waals surface area contributed by atoms with E-state index >= 15 is 0 Å². The lowest BCUT2D eigenvalue weighted by atomic mass is 9.85. The maximum absolute atomic E-state index is 10.1. The molecule has 5 nitrogen and oxygen atoms in total. The molecule has 3 rings (SSSR count). The zero-order valence-electron chi connectivity index (χ0n) is 14.9. The van der Waals surface area contributed by atoms with Gasteiger partial charge in [-0.05, 0) is 47.2 Å². The normalized spacial score (nSPS) is 25.8. The first-order valence-corrected chi connectivity index (χ1v) is 8.35. The molecule has 0 unspecified atom stereocenters. The predicted octanol–water partition coefficient (Wildman–Crippen LogP) is 4.20. The molecule has 1 aliphatic heterocycles. The van der Waals surface area contributed by atoms with Crippen LogP contribution in [0.2, 0.25) is 0 Å². The van der Waals surface area contributed by atoms with Gasteiger partial charge in [0.1, 0.15) is 0 Å². The summed E-state index contributed by atoms with van der Waals surface area (Å²) in [5.41, 5.74) is 1.89. The third-order valence-electron chi connectivity index (χ3n) is 5.14. The molecular weight excluding hydrogens is 320 g/mol. The van der Waals surface area contributed by atoms with E-state index in [1.165, 1.54) is 14.2 Å². The molecule has 2 N–H and O–H groups in total. The topological polar surface area (TPSA) is 68.2 Å². The Kier molecular flexibility index (Phi) is 4.77. The highest BCUT2D eigenvalue weighted by Gasteiger charge is 2.41. The first kappa shape index (κ1) is 17.4. The molecule has 2 aromatic carbocycles. The van der Waals surface area contributed by atoms with Crippen molar-refractivity contribution in [1.82, 2.24) is 0 Å². The number of phenols is 2. The molecule has 5 heteroatoms. The van der Waals surface area contributed by atoms with Crippen LogP contribution in [0.3, 0.4) is 0 Å². The van der Waals surface area contributed by atoms with Crippen molar-refractivity contribution in [3.05, 3.63) is 47.5 Å². The number of hydrogen-bond donors (Lipinski definition) is 2. The van der Waals surface area contributed by atoms with Gasteiger partial charge in [0.05, 0.1) is 26.4 Å². The second-order valence-corrected chi connectivity index (χ2v) is 6.56. The number of rotatable bonds is 4. The molecule has 0 saturated carbocycles. The molecule has 1 heterocycles. The van der Waals surface area contributed by atoms with Crippen LogP contribution in [0.15, 0.2) is 36.4 Å². The van der Waals surface area contributed by atoms with Crippen molar-refractivity contribution in [2.45, 2.75) is 26.1 Å². The summed E-state index contributed by atoms with van der Waals surface area (Å²) in [5.74, 6) is 1.63. The summed E-state index contributed by atoms with van der Waals surface area (Å²) in [4.78, 5) is 0. The van der Waals surface area contributed by atoms with Gasteiger partial charge in [-0.1, -0.05) is 26.0 Å². The van der Waals surface area contributed by atoms with Crippen LogP contribution in [0.1, 0.15) is 37.2 Å². The van der Waals surface area contributed by atoms with E-state index in [2.05, 4.69) is 13.8 Å². The van der Waals surface area contributed by atoms with Crippen LogP contribution in [-0.2, 0) is 4.74 Å². The third kappa shape index (κ3) is 3.12. The van der Waals surface area contributed by atoms with E-state index in [0.717, 1.165) is 11.1 Å². The molecule has 0 amide bonds. The molecule has 2 aromatic rings. The van der Waals surface area contributed by atoms with Gasteiger partial charge in [0.15, 0.2) is 23.0 Å². The standard InChI is InChI=1S/C20H24O5/c1-11-12(2)20(14-5-7-15(21)18(10-14)24-4)25-19(11)13-6-8-17(23-3)16(22)9-13/h5-12,19-22H,1-4H3/t11-,12+,19-,20-/m1/s1. The molecule has 1 aliphatic rings. The first-order valence-electron chi connectivity index (χ1n) is 8.35. The van der Waals surface area contributed by atoms with E-state index < -0.39 is 0 Å². The van der Waals surface area contributed by atoms with E-state index in [1.54, 1.807) is 18.2 Å². The Hall–Kier alpha value is -2.40. The SMILES string of the molecule is COc1ccc([C@@H]2O[C@@H](c3ccc(O)c(OC)c3)[C@@H](C)[C@H]2C)cc1O. The number of phenolic OH excluding ortho intramolecular Hbond substituents is 2. The van der Waals surface area contributed by atoms with Gasteiger partial charge in [-0.25, -0.2) is 0 Å². The molecule has 1 saturated heterocycles. The minimum absolute atomic E-state index is 0.109. The highest BCUT2D eigenvalue weighted by atomic mass is 16.5. The number of methoxy groups -OCH3 is 2. The molecule has 4 atom stereocenters. The van der Waals surface area contributed by atoms with Crippen LogP contribution in [0.5, 0.6) is 23.0 Å². The molecule has 1 fully saturated rings. The van der Waals surface area contributed by atoms with Gasteiger partial charge in [-0.3, -0.25) is 0 Å². The van der Waals surface area contributed by atoms with Crippen LogP contribution in [-0.4, -0.2) is 24.4 Å². The maximum atomic E-state index is 10.1. The van der Waals surface area contributed by atoms with E-state index in [-0.39, 0.29) is 35.5 Å². The number of aromatic hydroxyl groups is 2. The lowest BCUT2D eigenvalue weighted by Crippen LogP contribution is -2.09. The van der Waals surface area contributed by atoms with Gasteiger partial charge in [0.25, 0.3) is 0 Å². The Morgan fingerprint density at radius 2 is 1.32 bits per heavy atom. The molecule has 134 valence electrons. The Labute approximate surface area is 147 Å². The van der Waals surface area contributed by atoms with Crippen LogP contribution < -0.4 is 9.47 Å². The fourth-order valence-electron chi connectivity index (χ4n) is 3.48. The molecule has 0 radical (unpaired) electrons. The first-order chi connectivity index (χ1) is 12.0. The Bertz CT molecular complexity index is 758. The van der Waals surface area contributed by atoms with Crippen molar-refractivity contribution in [2.75, 3.05) is 14.2 Å². The van der Waals surface area contributed by atoms with E-state index in [9.17, 15) is 10.2 Å². The number of benzene rings is 2. The Morgan fingerprint density at radius 1 is 0.760 bits per heavy atom. The summed E-state index contributed by atoms with van der Waals surface area (Å²) >= 11 is 0. The second kappa shape index (κ2) is 6.84. The largest absolute Gasteiger partial charge is 0.504 e. The monoisotopic (exact) mass is 344 g/mol. The summed E-state index contributed by atoms with van der Waals surface area (Å²) in [6, 6.07) is 10.7. The summed E-state index contributed by atoms with van der Waals surface area (Å²) in [6.07, 6.45) is -0.240. The minimum atomic E-state index is -0.128. The lowest BCUT2D eigenvalue weighted by Gasteiger charge is -2.17. The van der Waals surface area contributed by atoms with Gasteiger partial charge < -0.3 is 24.4 Å². The van der Waals surface area contributed by atoms with Crippen LogP contribution in [0, 0.1) is 11.8 Å². The van der Waals surface area contributed by atoms with Crippen LogP contribution >= 0.6 is 0 Å². The second-order valence-electron chi connectivity index (χ2n) is 6.56. The zero-order chi connectivity index (χ0) is 18.1. The summed E-state index contributed by atoms with van der Waals surface area (Å²) in [5, 5.41) is 19.9. The van der Waals surface area contributed by atoms with Gasteiger partial charge in [-0.2, -0.15) is 0 Å². The predicted molar refractivity (Wildman–Crippen MR) is 94.2 cm³/mol. The van der Waals surface area contributed by atoms with E-state index in [4.69, 9.17) is 14.2 Å². The van der Waals surface area contributed by atoms with Gasteiger partial charge in [0, 0.05) is 0 Å². The average Bonchev–Trinajstić information content (AvgIpc) is 2.91. The fraction of sp³-hybridized carbons (Fsp3) is 0.400. The van der Waals surface area contributed by atoms with Gasteiger partial charge in [-0.15, -0.1) is 0 Å². The number of ether oxygens (including phenoxy) is 3. The number of hydrogen-bond acceptors (Lipinski definition) is 5. The van der Waals surface area contributed by atoms with E-state index in [0.29, 0.717) is 11.5 Å². The molecular formula is C20H24O5. The van der Waals surface area contributed by atoms with E-state index in [1.807, 2.05) is 18.2 Å². The van der Waals surface area contributed by atoms with Gasteiger partial charge in [0.2, 0.25) is 0 Å². The van der Waals surface area contributed by atoms with Crippen LogP contribution in [0.25, 0.3) is 0 Å². The van der Waals surface area contributed by atoms with Crippen LogP contribution in [0.4, 0.5) is 0 Å². The van der Waals surface area contributed by atoms with Crippen molar-refractivity contribution < 1.29 is 24.4 Å². The highest BCUT2D eigenvalue weighted by molar-refractivity contribution is 5.44. The summed E-state index contributed by atoms with van der Waals surface area (Å²) < 4.78 is 16.7. The minimum Gasteiger partial charge on any atom is -0.504 e. The summed E-state index contributed by atoms with van der Waals surface area (Å²) in [7, 11) is 3.06. The van der Waals surface area contributed by atoms with Gasteiger partial charge >= 0.3 is 0 Å². The molecule has 25 heavy (non-hydrogen) atoms. The Balaban J connectivity index is 1.89. The third-order valence-corrected chi connectivity index (χ3v) is 5.14. The zero-order valence-corrected chi connectivity index (χ0v) is 14.9. The van der Waals surface area contributed by atoms with Crippen molar-refractivity contribution in [1.29, 1.82) is 0 Å². The molecule has 0 aliphatic carbocycles. The smallest absolute Gasteiger partial charge is 0.160 e. The molecule has 0 aromatic heterocycles.